The normalized spacial score (nSPS) is 21.9. The van der Waals surface area contributed by atoms with Crippen LogP contribution in [-0.4, -0.2) is 36.0 Å². The molecule has 5 nitrogen and oxygen atoms in total. The number of allylic oxidation sites excluding steroid dienone is 1. The number of thioether (sulfide) groups is 1. The average molecular weight is 374 g/mol. The highest BCUT2D eigenvalue weighted by molar-refractivity contribution is 8.13. The van der Waals surface area contributed by atoms with E-state index in [9.17, 15) is 8.78 Å². The van der Waals surface area contributed by atoms with E-state index in [1.165, 1.54) is 24.9 Å². The molecular weight excluding hydrogens is 360 g/mol. The van der Waals surface area contributed by atoms with Gasteiger partial charge in [0.15, 0.2) is 10.9 Å². The molecule has 24 heavy (non-hydrogen) atoms. The van der Waals surface area contributed by atoms with E-state index >= 15 is 0 Å². The molecule has 0 bridgehead atoms. The number of aromatic nitrogens is 1. The Kier molecular flexibility index (Phi) is 5.25. The van der Waals surface area contributed by atoms with E-state index in [0.29, 0.717) is 27.4 Å². The monoisotopic (exact) mass is 373 g/mol. The van der Waals surface area contributed by atoms with Crippen LogP contribution in [0.15, 0.2) is 41.2 Å². The molecule has 9 heteroatoms. The van der Waals surface area contributed by atoms with Gasteiger partial charge in [-0.15, -0.1) is 0 Å². The molecule has 0 radical (unpaired) electrons. The summed E-state index contributed by atoms with van der Waals surface area (Å²) >= 11 is 7.51. The summed E-state index contributed by atoms with van der Waals surface area (Å²) in [7, 11) is 1.54. The second kappa shape index (κ2) is 7.40. The van der Waals surface area contributed by atoms with Crippen LogP contribution < -0.4 is 10.1 Å². The maximum absolute atomic E-state index is 12.3. The molecule has 0 aromatic carbocycles. The smallest absolute Gasteiger partial charge is 0.387 e. The van der Waals surface area contributed by atoms with Crippen molar-refractivity contribution >= 4 is 28.5 Å². The molecule has 128 valence electrons. The van der Waals surface area contributed by atoms with Crippen LogP contribution >= 0.6 is 23.4 Å². The van der Waals surface area contributed by atoms with E-state index in [2.05, 4.69) is 20.0 Å². The molecule has 0 amide bonds. The van der Waals surface area contributed by atoms with Crippen molar-refractivity contribution in [2.45, 2.75) is 24.4 Å². The van der Waals surface area contributed by atoms with Crippen LogP contribution in [0.4, 0.5) is 8.78 Å². The van der Waals surface area contributed by atoms with Gasteiger partial charge in [0.25, 0.3) is 0 Å². The van der Waals surface area contributed by atoms with Gasteiger partial charge >= 0.3 is 6.61 Å². The zero-order chi connectivity index (χ0) is 17.1. The lowest BCUT2D eigenvalue weighted by atomic mass is 10.0. The summed E-state index contributed by atoms with van der Waals surface area (Å²) in [5, 5.41) is 4.43. The lowest BCUT2D eigenvalue weighted by Gasteiger charge is -2.17. The number of fused-ring (bicyclic) bond motifs is 1. The van der Waals surface area contributed by atoms with E-state index < -0.39 is 6.61 Å². The van der Waals surface area contributed by atoms with Crippen molar-refractivity contribution in [1.29, 1.82) is 0 Å². The van der Waals surface area contributed by atoms with Gasteiger partial charge in [-0.2, -0.15) is 8.78 Å². The van der Waals surface area contributed by atoms with Crippen LogP contribution in [0.2, 0.25) is 5.02 Å². The highest BCUT2D eigenvalue weighted by Crippen LogP contribution is 2.30. The highest BCUT2D eigenvalue weighted by Gasteiger charge is 2.29. The van der Waals surface area contributed by atoms with Gasteiger partial charge in [0.2, 0.25) is 0 Å². The number of methoxy groups -OCH3 is 1. The largest absolute Gasteiger partial charge is 0.493 e. The highest BCUT2D eigenvalue weighted by atomic mass is 35.5. The lowest BCUT2D eigenvalue weighted by molar-refractivity contribution is -0.0926. The average Bonchev–Trinajstić information content (AvgIpc) is 2.94. The number of alkyl halides is 2. The molecule has 0 spiro atoms. The number of aliphatic imine (C=N–C) groups is 1. The first-order valence-electron chi connectivity index (χ1n) is 7.06. The SMILES string of the molecule is COc1c(Cl)ccnc1CSC1=NC2C=C(OC(F)F)C=CC2N1. The molecule has 0 saturated carbocycles. The number of hydrogen-bond donors (Lipinski definition) is 1. The van der Waals surface area contributed by atoms with E-state index in [1.54, 1.807) is 24.4 Å². The minimum Gasteiger partial charge on any atom is -0.493 e. The second-order valence-electron chi connectivity index (χ2n) is 4.96. The fourth-order valence-electron chi connectivity index (χ4n) is 2.39. The Morgan fingerprint density at radius 2 is 2.29 bits per heavy atom. The number of amidine groups is 1. The van der Waals surface area contributed by atoms with Gasteiger partial charge in [-0.3, -0.25) is 9.98 Å². The number of nitrogens with zero attached hydrogens (tertiary/aromatic N) is 2. The van der Waals surface area contributed by atoms with Gasteiger partial charge in [0, 0.05) is 11.9 Å². The number of ether oxygens (including phenoxy) is 2. The minimum atomic E-state index is -2.84. The summed E-state index contributed by atoms with van der Waals surface area (Å²) in [5.41, 5.74) is 0.710. The lowest BCUT2D eigenvalue weighted by Crippen LogP contribution is -2.32. The van der Waals surface area contributed by atoms with Crippen LogP contribution in [-0.2, 0) is 10.5 Å². The van der Waals surface area contributed by atoms with Gasteiger partial charge in [-0.1, -0.05) is 29.4 Å². The molecule has 3 rings (SSSR count). The molecule has 2 unspecified atom stereocenters. The van der Waals surface area contributed by atoms with Crippen LogP contribution in [0.3, 0.4) is 0 Å². The van der Waals surface area contributed by atoms with Gasteiger partial charge in [0.1, 0.15) is 5.76 Å². The number of pyridine rings is 1. The molecule has 2 heterocycles. The van der Waals surface area contributed by atoms with Gasteiger partial charge < -0.3 is 14.8 Å². The van der Waals surface area contributed by atoms with Crippen LogP contribution in [0.5, 0.6) is 5.75 Å². The van der Waals surface area contributed by atoms with E-state index in [-0.39, 0.29) is 17.8 Å². The topological polar surface area (TPSA) is 55.7 Å². The maximum Gasteiger partial charge on any atom is 0.387 e. The number of nitrogens with one attached hydrogen (secondary N) is 1. The third-order valence-electron chi connectivity index (χ3n) is 3.43. The Bertz CT molecular complexity index is 712. The molecule has 0 fully saturated rings. The summed E-state index contributed by atoms with van der Waals surface area (Å²) < 4.78 is 34.2. The Morgan fingerprint density at radius 1 is 1.46 bits per heavy atom. The van der Waals surface area contributed by atoms with E-state index in [0.717, 1.165) is 0 Å². The first-order valence-corrected chi connectivity index (χ1v) is 8.42. The predicted molar refractivity (Wildman–Crippen MR) is 89.6 cm³/mol. The summed E-state index contributed by atoms with van der Waals surface area (Å²) in [4.78, 5) is 8.74. The third-order valence-corrected chi connectivity index (χ3v) is 4.64. The maximum atomic E-state index is 12.3. The first-order chi connectivity index (χ1) is 11.6. The van der Waals surface area contributed by atoms with E-state index in [1.807, 2.05) is 0 Å². The summed E-state index contributed by atoms with van der Waals surface area (Å²) in [5.74, 6) is 1.18. The molecule has 2 atom stereocenters. The Labute approximate surface area is 146 Å². The third kappa shape index (κ3) is 3.81. The quantitative estimate of drug-likeness (QED) is 0.857. The van der Waals surface area contributed by atoms with Crippen molar-refractivity contribution < 1.29 is 18.3 Å². The fraction of sp³-hybridized carbons (Fsp3) is 0.333. The Balaban J connectivity index is 1.65. The summed E-state index contributed by atoms with van der Waals surface area (Å²) in [6, 6.07) is 1.33. The van der Waals surface area contributed by atoms with Crippen LogP contribution in [0, 0.1) is 0 Å². The number of hydrogen-bond acceptors (Lipinski definition) is 6. The van der Waals surface area contributed by atoms with Crippen LogP contribution in [0.25, 0.3) is 0 Å². The van der Waals surface area contributed by atoms with Crippen LogP contribution in [0.1, 0.15) is 5.69 Å². The molecule has 2 aliphatic rings. The van der Waals surface area contributed by atoms with Crippen molar-refractivity contribution in [3.8, 4) is 5.75 Å². The predicted octanol–water partition coefficient (Wildman–Crippen LogP) is 3.37. The molecule has 1 aromatic rings. The fourth-order valence-corrected chi connectivity index (χ4v) is 3.52. The van der Waals surface area contributed by atoms with Crippen molar-refractivity contribution in [1.82, 2.24) is 10.3 Å². The molecule has 0 saturated heterocycles. The first kappa shape index (κ1) is 17.0. The minimum absolute atomic E-state index is 0.0632. The van der Waals surface area contributed by atoms with E-state index in [4.69, 9.17) is 16.3 Å². The van der Waals surface area contributed by atoms with Crippen molar-refractivity contribution in [2.24, 2.45) is 4.99 Å². The Morgan fingerprint density at radius 3 is 3.04 bits per heavy atom. The summed E-state index contributed by atoms with van der Waals surface area (Å²) in [6.45, 7) is -2.84. The number of rotatable bonds is 5. The van der Waals surface area contributed by atoms with Crippen molar-refractivity contribution in [3.05, 3.63) is 47.0 Å². The zero-order valence-corrected chi connectivity index (χ0v) is 14.2. The molecule has 1 aliphatic carbocycles. The molecule has 1 aromatic heterocycles. The Hall–Kier alpha value is -1.80. The summed E-state index contributed by atoms with van der Waals surface area (Å²) in [6.07, 6.45) is 6.47. The second-order valence-corrected chi connectivity index (χ2v) is 6.33. The van der Waals surface area contributed by atoms with Gasteiger partial charge in [-0.25, -0.2) is 0 Å². The molecule has 1 aliphatic heterocycles. The molecular formula is C15H14ClF2N3O2S. The van der Waals surface area contributed by atoms with Crippen molar-refractivity contribution in [3.63, 3.8) is 0 Å². The van der Waals surface area contributed by atoms with Crippen molar-refractivity contribution in [2.75, 3.05) is 7.11 Å². The van der Waals surface area contributed by atoms with Gasteiger partial charge in [-0.05, 0) is 18.2 Å². The van der Waals surface area contributed by atoms with Gasteiger partial charge in [0.05, 0.1) is 29.9 Å². The zero-order valence-electron chi connectivity index (χ0n) is 12.6. The number of halogens is 3. The standard InChI is InChI=1S/C15H14ClF2N3O2S/c1-22-13-9(16)4-5-19-12(13)7-24-15-20-10-3-2-8(23-14(17)18)6-11(10)21-15/h2-6,10-11,14H,7H2,1H3,(H,20,21). The molecule has 1 N–H and O–H groups in total.